The molecule has 0 atom stereocenters. The summed E-state index contributed by atoms with van der Waals surface area (Å²) in [5, 5.41) is 0. The van der Waals surface area contributed by atoms with Gasteiger partial charge in [0.05, 0.1) is 6.54 Å². The van der Waals surface area contributed by atoms with Crippen molar-refractivity contribution in [1.82, 2.24) is 4.98 Å². The first-order chi connectivity index (χ1) is 7.77. The number of anilines is 2. The summed E-state index contributed by atoms with van der Waals surface area (Å²) in [7, 11) is 1.97. The molecule has 0 saturated carbocycles. The highest BCUT2D eigenvalue weighted by molar-refractivity contribution is 6.52. The number of rotatable bonds is 0. The molecule has 0 spiro atoms. The third-order valence-corrected chi connectivity index (χ3v) is 2.70. The molecular weight excluding hydrogens is 202 g/mol. The maximum Gasteiger partial charge on any atom is 0.245 e. The summed E-state index contributed by atoms with van der Waals surface area (Å²) in [6.45, 7) is 0.694. The minimum Gasteiger partial charge on any atom is -0.382 e. The summed E-state index contributed by atoms with van der Waals surface area (Å²) in [6.07, 6.45) is 6.03. The first kappa shape index (κ1) is 9.00. The molecule has 3 rings (SSSR count). The number of nitrogen functional groups attached to an aromatic ring is 1. The van der Waals surface area contributed by atoms with Crippen LogP contribution < -0.4 is 10.6 Å². The van der Waals surface area contributed by atoms with Gasteiger partial charge in [0.2, 0.25) is 11.9 Å². The molecule has 0 fully saturated rings. The van der Waals surface area contributed by atoms with Gasteiger partial charge in [-0.1, -0.05) is 0 Å². The molecule has 3 heterocycles. The van der Waals surface area contributed by atoms with Crippen LogP contribution in [0.3, 0.4) is 0 Å². The lowest BCUT2D eigenvalue weighted by Gasteiger charge is -2.26. The molecule has 0 unspecified atom stereocenters. The summed E-state index contributed by atoms with van der Waals surface area (Å²) in [6, 6.07) is 1.91. The summed E-state index contributed by atoms with van der Waals surface area (Å²) in [4.78, 5) is 14.6. The first-order valence-electron chi connectivity index (χ1n) is 4.95. The van der Waals surface area contributed by atoms with E-state index < -0.39 is 0 Å². The molecular formula is C11H10N5+. The van der Waals surface area contributed by atoms with E-state index in [1.54, 1.807) is 12.4 Å². The molecule has 78 valence electrons. The Bertz CT molecular complexity index is 541. The molecule has 0 aliphatic carbocycles. The van der Waals surface area contributed by atoms with Gasteiger partial charge in [-0.3, -0.25) is 0 Å². The number of aromatic nitrogens is 1. The number of aliphatic imine (C=N–C) groups is 2. The molecule has 0 bridgehead atoms. The van der Waals surface area contributed by atoms with Crippen LogP contribution in [0, 0.1) is 6.20 Å². The van der Waals surface area contributed by atoms with E-state index in [4.69, 9.17) is 5.73 Å². The van der Waals surface area contributed by atoms with Crippen LogP contribution in [0.25, 0.3) is 0 Å². The number of hydrogen-bond donors (Lipinski definition) is 1. The fourth-order valence-corrected chi connectivity index (χ4v) is 2.02. The summed E-state index contributed by atoms with van der Waals surface area (Å²) < 4.78 is 0. The average Bonchev–Trinajstić information content (AvgIpc) is 2.29. The molecule has 2 aliphatic rings. The van der Waals surface area contributed by atoms with Crippen LogP contribution in [0.4, 0.5) is 11.5 Å². The van der Waals surface area contributed by atoms with Crippen molar-refractivity contribution in [2.75, 3.05) is 24.2 Å². The number of pyridine rings is 1. The summed E-state index contributed by atoms with van der Waals surface area (Å²) in [5.41, 5.74) is 9.57. The summed E-state index contributed by atoms with van der Waals surface area (Å²) >= 11 is 0. The largest absolute Gasteiger partial charge is 0.382 e. The van der Waals surface area contributed by atoms with E-state index in [9.17, 15) is 0 Å². The molecule has 5 heteroatoms. The number of fused-ring (bicyclic) bond motifs is 3. The Labute approximate surface area is 93.0 Å². The standard InChI is InChI=1S/C11H10N5/c1-16-6-8-9(14-5-4-13-8)7-2-3-15-11(12)10(7)16/h2-4H,6H2,1H3,(H2,12,15)/q+1. The molecule has 2 N–H and O–H groups in total. The zero-order chi connectivity index (χ0) is 11.1. The van der Waals surface area contributed by atoms with Gasteiger partial charge in [-0.2, -0.15) is 0 Å². The lowest BCUT2D eigenvalue weighted by molar-refractivity contribution is 1.03. The minimum atomic E-state index is 0.524. The van der Waals surface area contributed by atoms with E-state index in [0.29, 0.717) is 12.4 Å². The van der Waals surface area contributed by atoms with E-state index in [0.717, 1.165) is 22.7 Å². The maximum absolute atomic E-state index is 5.88. The highest BCUT2D eigenvalue weighted by Crippen LogP contribution is 2.30. The zero-order valence-corrected chi connectivity index (χ0v) is 8.81. The third-order valence-electron chi connectivity index (χ3n) is 2.70. The van der Waals surface area contributed by atoms with Crippen LogP contribution in [-0.4, -0.2) is 30.0 Å². The minimum absolute atomic E-state index is 0.524. The van der Waals surface area contributed by atoms with Gasteiger partial charge in [0.15, 0.2) is 11.9 Å². The van der Waals surface area contributed by atoms with Crippen LogP contribution in [0.5, 0.6) is 0 Å². The molecule has 1 aromatic heterocycles. The lowest BCUT2D eigenvalue weighted by atomic mass is 9.99. The smallest absolute Gasteiger partial charge is 0.245 e. The highest BCUT2D eigenvalue weighted by Gasteiger charge is 2.34. The second-order valence-electron chi connectivity index (χ2n) is 3.74. The predicted molar refractivity (Wildman–Crippen MR) is 63.7 cm³/mol. The quantitative estimate of drug-likeness (QED) is 0.641. The molecule has 16 heavy (non-hydrogen) atoms. The Kier molecular flexibility index (Phi) is 1.75. The van der Waals surface area contributed by atoms with Crippen molar-refractivity contribution in [2.45, 2.75) is 0 Å². The molecule has 5 nitrogen and oxygen atoms in total. The van der Waals surface area contributed by atoms with Crippen LogP contribution in [-0.2, 0) is 0 Å². The van der Waals surface area contributed by atoms with Crippen molar-refractivity contribution in [2.24, 2.45) is 9.98 Å². The van der Waals surface area contributed by atoms with E-state index in [1.807, 2.05) is 18.0 Å². The Balaban J connectivity index is 2.28. The monoisotopic (exact) mass is 212 g/mol. The van der Waals surface area contributed by atoms with Gasteiger partial charge in [-0.05, 0) is 6.07 Å². The molecule has 2 aliphatic heterocycles. The summed E-state index contributed by atoms with van der Waals surface area (Å²) in [5.74, 6) is 0.524. The SMILES string of the molecule is CN1CC2=NC=[C+]N=C2c2ccnc(N)c21. The topological polar surface area (TPSA) is 66.9 Å². The Morgan fingerprint density at radius 2 is 2.38 bits per heavy atom. The zero-order valence-electron chi connectivity index (χ0n) is 8.81. The van der Waals surface area contributed by atoms with Gasteiger partial charge in [0, 0.05) is 18.2 Å². The van der Waals surface area contributed by atoms with Gasteiger partial charge < -0.3 is 10.6 Å². The van der Waals surface area contributed by atoms with Crippen LogP contribution in [0.2, 0.25) is 0 Å². The maximum atomic E-state index is 5.88. The van der Waals surface area contributed by atoms with Crippen LogP contribution in [0.15, 0.2) is 28.4 Å². The van der Waals surface area contributed by atoms with Crippen molar-refractivity contribution >= 4 is 22.9 Å². The van der Waals surface area contributed by atoms with Crippen LogP contribution >= 0.6 is 0 Å². The van der Waals surface area contributed by atoms with Crippen molar-refractivity contribution in [3.8, 4) is 0 Å². The van der Waals surface area contributed by atoms with E-state index in [2.05, 4.69) is 21.2 Å². The van der Waals surface area contributed by atoms with Gasteiger partial charge >= 0.3 is 0 Å². The number of nitrogens with zero attached hydrogens (tertiary/aromatic N) is 4. The fraction of sp³-hybridized carbons (Fsp3) is 0.182. The third kappa shape index (κ3) is 1.12. The molecule has 0 saturated heterocycles. The molecule has 0 radical (unpaired) electrons. The van der Waals surface area contributed by atoms with Crippen LogP contribution in [0.1, 0.15) is 5.56 Å². The second kappa shape index (κ2) is 3.12. The van der Waals surface area contributed by atoms with E-state index >= 15 is 0 Å². The Hall–Kier alpha value is -2.26. The number of nitrogens with two attached hydrogens (primary N) is 1. The van der Waals surface area contributed by atoms with Gasteiger partial charge in [-0.15, -0.1) is 0 Å². The van der Waals surface area contributed by atoms with Crippen molar-refractivity contribution in [3.63, 3.8) is 0 Å². The van der Waals surface area contributed by atoms with E-state index in [-0.39, 0.29) is 0 Å². The molecule has 0 aromatic carbocycles. The lowest BCUT2D eigenvalue weighted by Crippen LogP contribution is -2.38. The highest BCUT2D eigenvalue weighted by atomic mass is 15.2. The van der Waals surface area contributed by atoms with Gasteiger partial charge in [0.25, 0.3) is 0 Å². The van der Waals surface area contributed by atoms with Crippen molar-refractivity contribution < 1.29 is 0 Å². The second-order valence-corrected chi connectivity index (χ2v) is 3.74. The van der Waals surface area contributed by atoms with E-state index in [1.165, 1.54) is 0 Å². The Morgan fingerprint density at radius 1 is 1.50 bits per heavy atom. The molecule has 1 aromatic rings. The normalized spacial score (nSPS) is 16.9. The Morgan fingerprint density at radius 3 is 3.25 bits per heavy atom. The predicted octanol–water partition coefficient (Wildman–Crippen LogP) is 0.632. The van der Waals surface area contributed by atoms with Gasteiger partial charge in [0.1, 0.15) is 17.1 Å². The average molecular weight is 212 g/mol. The number of hydrogen-bond acceptors (Lipinski definition) is 5. The van der Waals surface area contributed by atoms with Crippen molar-refractivity contribution in [1.29, 1.82) is 0 Å². The first-order valence-corrected chi connectivity index (χ1v) is 4.95. The van der Waals surface area contributed by atoms with Crippen molar-refractivity contribution in [3.05, 3.63) is 30.2 Å². The van der Waals surface area contributed by atoms with Gasteiger partial charge in [-0.25, -0.2) is 9.98 Å². The fourth-order valence-electron chi connectivity index (χ4n) is 2.02. The molecule has 0 amide bonds.